The van der Waals surface area contributed by atoms with Gasteiger partial charge in [-0.25, -0.2) is 9.37 Å². The van der Waals surface area contributed by atoms with Gasteiger partial charge in [0.25, 0.3) is 5.91 Å². The van der Waals surface area contributed by atoms with E-state index in [0.717, 1.165) is 12.0 Å². The molecule has 0 saturated carbocycles. The zero-order chi connectivity index (χ0) is 15.2. The molecule has 21 heavy (non-hydrogen) atoms. The summed E-state index contributed by atoms with van der Waals surface area (Å²) in [5.41, 5.74) is 1.49. The fourth-order valence-electron chi connectivity index (χ4n) is 1.93. The van der Waals surface area contributed by atoms with Crippen molar-refractivity contribution >= 4 is 17.4 Å². The molecular formula is C16H18FN3O. The Morgan fingerprint density at radius 1 is 1.33 bits per heavy atom. The van der Waals surface area contributed by atoms with Crippen molar-refractivity contribution in [3.8, 4) is 0 Å². The molecule has 0 bridgehead atoms. The number of nitrogens with one attached hydrogen (secondary N) is 2. The molecular weight excluding hydrogens is 269 g/mol. The molecule has 0 spiro atoms. The highest BCUT2D eigenvalue weighted by molar-refractivity contribution is 6.07. The number of carbonyl (C=O) groups is 1. The van der Waals surface area contributed by atoms with Crippen LogP contribution in [0.15, 0.2) is 36.5 Å². The number of hydrogen-bond acceptors (Lipinski definition) is 3. The molecule has 0 saturated heterocycles. The number of pyridine rings is 1. The molecule has 0 unspecified atom stereocenters. The third kappa shape index (κ3) is 3.78. The number of benzene rings is 1. The van der Waals surface area contributed by atoms with Gasteiger partial charge in [-0.05, 0) is 43.2 Å². The Morgan fingerprint density at radius 3 is 2.86 bits per heavy atom. The van der Waals surface area contributed by atoms with E-state index in [1.165, 1.54) is 12.1 Å². The Bertz CT molecular complexity index is 643. The summed E-state index contributed by atoms with van der Waals surface area (Å²) in [6.07, 6.45) is 2.46. The fourth-order valence-corrected chi connectivity index (χ4v) is 1.93. The van der Waals surface area contributed by atoms with E-state index in [1.54, 1.807) is 18.3 Å². The number of anilines is 2. The molecule has 0 atom stereocenters. The molecule has 0 aliphatic carbocycles. The molecule has 1 heterocycles. The van der Waals surface area contributed by atoms with Crippen molar-refractivity contribution in [3.63, 3.8) is 0 Å². The van der Waals surface area contributed by atoms with Crippen molar-refractivity contribution < 1.29 is 9.18 Å². The third-order valence-electron chi connectivity index (χ3n) is 2.97. The monoisotopic (exact) mass is 287 g/mol. The van der Waals surface area contributed by atoms with E-state index >= 15 is 0 Å². The summed E-state index contributed by atoms with van der Waals surface area (Å²) in [5.74, 6) is -0.370. The minimum Gasteiger partial charge on any atom is -0.382 e. The second kappa shape index (κ2) is 6.83. The highest BCUT2D eigenvalue weighted by atomic mass is 19.1. The lowest BCUT2D eigenvalue weighted by molar-refractivity contribution is 0.102. The lowest BCUT2D eigenvalue weighted by Gasteiger charge is -2.12. The summed E-state index contributed by atoms with van der Waals surface area (Å²) in [6, 6.07) is 8.04. The number of hydrogen-bond donors (Lipinski definition) is 2. The van der Waals surface area contributed by atoms with Crippen LogP contribution in [-0.2, 0) is 0 Å². The van der Waals surface area contributed by atoms with E-state index in [1.807, 2.05) is 19.9 Å². The fraction of sp³-hybridized carbons (Fsp3) is 0.250. The first-order valence-electron chi connectivity index (χ1n) is 6.88. The Hall–Kier alpha value is -2.43. The van der Waals surface area contributed by atoms with Crippen LogP contribution in [0.2, 0.25) is 0 Å². The van der Waals surface area contributed by atoms with E-state index in [9.17, 15) is 9.18 Å². The number of amides is 1. The average Bonchev–Trinajstić information content (AvgIpc) is 2.45. The summed E-state index contributed by atoms with van der Waals surface area (Å²) < 4.78 is 13.9. The molecule has 0 aliphatic rings. The van der Waals surface area contributed by atoms with Gasteiger partial charge in [-0.3, -0.25) is 4.79 Å². The predicted molar refractivity (Wildman–Crippen MR) is 82.1 cm³/mol. The number of halogens is 1. The van der Waals surface area contributed by atoms with Gasteiger partial charge < -0.3 is 10.6 Å². The molecule has 1 aromatic heterocycles. The quantitative estimate of drug-likeness (QED) is 0.883. The van der Waals surface area contributed by atoms with Crippen LogP contribution in [0.4, 0.5) is 15.9 Å². The van der Waals surface area contributed by atoms with Gasteiger partial charge in [0.1, 0.15) is 11.6 Å². The van der Waals surface area contributed by atoms with Gasteiger partial charge >= 0.3 is 0 Å². The first-order chi connectivity index (χ1) is 10.1. The van der Waals surface area contributed by atoms with Gasteiger partial charge in [-0.1, -0.05) is 13.0 Å². The Labute approximate surface area is 123 Å². The largest absolute Gasteiger partial charge is 0.382 e. The molecule has 2 N–H and O–H groups in total. The molecule has 4 nitrogen and oxygen atoms in total. The third-order valence-corrected chi connectivity index (χ3v) is 2.97. The van der Waals surface area contributed by atoms with Crippen LogP contribution in [0.5, 0.6) is 0 Å². The first kappa shape index (κ1) is 15.0. The van der Waals surface area contributed by atoms with Crippen molar-refractivity contribution in [1.82, 2.24) is 4.98 Å². The Morgan fingerprint density at radius 2 is 2.14 bits per heavy atom. The van der Waals surface area contributed by atoms with Crippen molar-refractivity contribution in [3.05, 3.63) is 53.5 Å². The van der Waals surface area contributed by atoms with Crippen LogP contribution < -0.4 is 10.6 Å². The lowest BCUT2D eigenvalue weighted by Crippen LogP contribution is -2.16. The SMILES string of the molecule is CCCNc1c(F)cccc1C(=O)Nc1cc(C)ccn1. The highest BCUT2D eigenvalue weighted by Crippen LogP contribution is 2.21. The van der Waals surface area contributed by atoms with Crippen molar-refractivity contribution in [2.45, 2.75) is 20.3 Å². The van der Waals surface area contributed by atoms with Crippen LogP contribution in [0.3, 0.4) is 0 Å². The maximum Gasteiger partial charge on any atom is 0.259 e. The van der Waals surface area contributed by atoms with Crippen molar-refractivity contribution in [1.29, 1.82) is 0 Å². The molecule has 110 valence electrons. The maximum atomic E-state index is 13.9. The summed E-state index contributed by atoms with van der Waals surface area (Å²) in [6.45, 7) is 4.49. The molecule has 2 rings (SSSR count). The summed E-state index contributed by atoms with van der Waals surface area (Å²) >= 11 is 0. The average molecular weight is 287 g/mol. The van der Waals surface area contributed by atoms with Gasteiger partial charge in [-0.2, -0.15) is 0 Å². The molecule has 5 heteroatoms. The minimum absolute atomic E-state index is 0.226. The smallest absolute Gasteiger partial charge is 0.259 e. The number of nitrogens with zero attached hydrogens (tertiary/aromatic N) is 1. The van der Waals surface area contributed by atoms with E-state index in [-0.39, 0.29) is 17.2 Å². The highest BCUT2D eigenvalue weighted by Gasteiger charge is 2.15. The molecule has 0 radical (unpaired) electrons. The molecule has 0 fully saturated rings. The van der Waals surface area contributed by atoms with Gasteiger partial charge in [-0.15, -0.1) is 0 Å². The summed E-state index contributed by atoms with van der Waals surface area (Å²) in [4.78, 5) is 16.4. The van der Waals surface area contributed by atoms with E-state index < -0.39 is 5.82 Å². The lowest BCUT2D eigenvalue weighted by atomic mass is 10.1. The zero-order valence-corrected chi connectivity index (χ0v) is 12.1. The Kier molecular flexibility index (Phi) is 4.87. The normalized spacial score (nSPS) is 10.2. The molecule has 0 aliphatic heterocycles. The van der Waals surface area contributed by atoms with Gasteiger partial charge in [0.05, 0.1) is 11.3 Å². The molecule has 1 aromatic carbocycles. The van der Waals surface area contributed by atoms with Gasteiger partial charge in [0, 0.05) is 12.7 Å². The zero-order valence-electron chi connectivity index (χ0n) is 12.1. The van der Waals surface area contributed by atoms with Crippen molar-refractivity contribution in [2.75, 3.05) is 17.2 Å². The van der Waals surface area contributed by atoms with Crippen molar-refractivity contribution in [2.24, 2.45) is 0 Å². The van der Waals surface area contributed by atoms with Crippen LogP contribution in [-0.4, -0.2) is 17.4 Å². The second-order valence-electron chi connectivity index (χ2n) is 4.76. The predicted octanol–water partition coefficient (Wildman–Crippen LogP) is 3.60. The number of carbonyl (C=O) groups excluding carboxylic acids is 1. The standard InChI is InChI=1S/C16H18FN3O/c1-3-8-19-15-12(5-4-6-13(15)17)16(21)20-14-10-11(2)7-9-18-14/h4-7,9-10,19H,3,8H2,1-2H3,(H,18,20,21). The van der Waals surface area contributed by atoms with Crippen LogP contribution in [0.1, 0.15) is 29.3 Å². The minimum atomic E-state index is -0.437. The number of rotatable bonds is 5. The van der Waals surface area contributed by atoms with Crippen LogP contribution in [0, 0.1) is 12.7 Å². The first-order valence-corrected chi connectivity index (χ1v) is 6.88. The van der Waals surface area contributed by atoms with E-state index in [4.69, 9.17) is 0 Å². The van der Waals surface area contributed by atoms with E-state index in [2.05, 4.69) is 15.6 Å². The summed E-state index contributed by atoms with van der Waals surface area (Å²) in [7, 11) is 0. The summed E-state index contributed by atoms with van der Waals surface area (Å²) in [5, 5.41) is 5.64. The van der Waals surface area contributed by atoms with Crippen LogP contribution in [0.25, 0.3) is 0 Å². The van der Waals surface area contributed by atoms with Gasteiger partial charge in [0.2, 0.25) is 0 Å². The molecule has 2 aromatic rings. The number of aromatic nitrogens is 1. The molecule has 1 amide bonds. The van der Waals surface area contributed by atoms with Crippen LogP contribution >= 0.6 is 0 Å². The van der Waals surface area contributed by atoms with E-state index in [0.29, 0.717) is 12.4 Å². The second-order valence-corrected chi connectivity index (χ2v) is 4.76. The maximum absolute atomic E-state index is 13.9. The Balaban J connectivity index is 2.24. The number of aryl methyl sites for hydroxylation is 1. The van der Waals surface area contributed by atoms with Gasteiger partial charge in [0.15, 0.2) is 0 Å². The topological polar surface area (TPSA) is 54.0 Å². The number of para-hydroxylation sites is 1.